The third-order valence-corrected chi connectivity index (χ3v) is 7.77. The average Bonchev–Trinajstić information content (AvgIpc) is 2.86. The fraction of sp³-hybridized carbons (Fsp3) is 0.393. The summed E-state index contributed by atoms with van der Waals surface area (Å²) < 4.78 is 30.2. The summed E-state index contributed by atoms with van der Waals surface area (Å²) in [6.45, 7) is 4.95. The lowest BCUT2D eigenvalue weighted by Gasteiger charge is -2.35. The van der Waals surface area contributed by atoms with Crippen molar-refractivity contribution >= 4 is 28.4 Å². The molecule has 4 N–H and O–H groups in total. The van der Waals surface area contributed by atoms with Crippen molar-refractivity contribution in [2.75, 3.05) is 17.6 Å². The average molecular weight is 517 g/mol. The largest absolute Gasteiger partial charge is 0.383 e. The van der Waals surface area contributed by atoms with Gasteiger partial charge < -0.3 is 16.4 Å². The van der Waals surface area contributed by atoms with E-state index >= 15 is 4.39 Å². The predicted molar refractivity (Wildman–Crippen MR) is 143 cm³/mol. The molecule has 1 saturated carbocycles. The highest BCUT2D eigenvalue weighted by Crippen LogP contribution is 2.41. The fourth-order valence-electron chi connectivity index (χ4n) is 5.31. The number of nitrogen functional groups attached to an aromatic ring is 1. The molecule has 8 nitrogen and oxygen atoms in total. The van der Waals surface area contributed by atoms with Gasteiger partial charge in [0.1, 0.15) is 17.5 Å². The maximum absolute atomic E-state index is 15.5. The van der Waals surface area contributed by atoms with E-state index in [1.165, 1.54) is 6.42 Å². The SMILES string of the molecule is CC1(C)CCC(c2c(F)cnc(Nc3cc(-c4nc(N)c5c(C6CCC6)cncc5n4)ccn3)c2F)NC1. The Bertz CT molecular complexity index is 1510. The smallest absolute Gasteiger partial charge is 0.173 e. The van der Waals surface area contributed by atoms with Crippen LogP contribution in [-0.2, 0) is 0 Å². The maximum atomic E-state index is 15.5. The molecule has 1 atom stereocenters. The summed E-state index contributed by atoms with van der Waals surface area (Å²) in [6.07, 6.45) is 11.1. The Kier molecular flexibility index (Phi) is 6.14. The van der Waals surface area contributed by atoms with Crippen molar-refractivity contribution in [2.24, 2.45) is 5.41 Å². The van der Waals surface area contributed by atoms with Gasteiger partial charge in [0, 0.05) is 41.5 Å². The first kappa shape index (κ1) is 24.5. The molecule has 196 valence electrons. The van der Waals surface area contributed by atoms with Crippen LogP contribution in [0.2, 0.25) is 0 Å². The highest BCUT2D eigenvalue weighted by molar-refractivity contribution is 5.92. The zero-order valence-corrected chi connectivity index (χ0v) is 21.4. The molecular formula is C28H30F2N8. The number of piperidine rings is 1. The second-order valence-corrected chi connectivity index (χ2v) is 11.1. The number of hydrogen-bond acceptors (Lipinski definition) is 8. The lowest BCUT2D eigenvalue weighted by molar-refractivity contribution is 0.218. The first-order chi connectivity index (χ1) is 18.3. The van der Waals surface area contributed by atoms with Crippen LogP contribution >= 0.6 is 0 Å². The molecule has 1 aliphatic heterocycles. The van der Waals surface area contributed by atoms with Gasteiger partial charge in [-0.05, 0) is 54.7 Å². The summed E-state index contributed by atoms with van der Waals surface area (Å²) >= 11 is 0. The van der Waals surface area contributed by atoms with Crippen LogP contribution in [0.3, 0.4) is 0 Å². The van der Waals surface area contributed by atoms with E-state index in [-0.39, 0.29) is 16.8 Å². The molecule has 4 aromatic rings. The minimum atomic E-state index is -0.727. The van der Waals surface area contributed by atoms with Crippen molar-refractivity contribution < 1.29 is 8.78 Å². The van der Waals surface area contributed by atoms with Crippen LogP contribution in [0.15, 0.2) is 36.9 Å². The van der Waals surface area contributed by atoms with Crippen LogP contribution in [0.1, 0.15) is 69.0 Å². The van der Waals surface area contributed by atoms with E-state index in [0.29, 0.717) is 47.4 Å². The molecule has 10 heteroatoms. The fourth-order valence-corrected chi connectivity index (χ4v) is 5.31. The molecule has 0 radical (unpaired) electrons. The van der Waals surface area contributed by atoms with Gasteiger partial charge in [-0.3, -0.25) is 4.98 Å². The molecule has 0 aromatic carbocycles. The third kappa shape index (κ3) is 4.53. The summed E-state index contributed by atoms with van der Waals surface area (Å²) in [7, 11) is 0. The highest BCUT2D eigenvalue weighted by atomic mass is 19.1. The van der Waals surface area contributed by atoms with E-state index in [1.54, 1.807) is 24.5 Å². The molecule has 2 aliphatic rings. The van der Waals surface area contributed by atoms with Gasteiger partial charge in [0.25, 0.3) is 0 Å². The van der Waals surface area contributed by atoms with Gasteiger partial charge in [-0.25, -0.2) is 28.7 Å². The zero-order valence-electron chi connectivity index (χ0n) is 21.4. The topological polar surface area (TPSA) is 115 Å². The third-order valence-electron chi connectivity index (χ3n) is 7.77. The van der Waals surface area contributed by atoms with Crippen LogP contribution in [0.25, 0.3) is 22.3 Å². The summed E-state index contributed by atoms with van der Waals surface area (Å²) in [5.74, 6) is 0.101. The summed E-state index contributed by atoms with van der Waals surface area (Å²) in [5, 5.41) is 7.04. The van der Waals surface area contributed by atoms with Crippen molar-refractivity contribution in [3.63, 3.8) is 0 Å². The van der Waals surface area contributed by atoms with Crippen molar-refractivity contribution in [1.82, 2.24) is 30.2 Å². The van der Waals surface area contributed by atoms with Crippen LogP contribution in [0, 0.1) is 17.0 Å². The maximum Gasteiger partial charge on any atom is 0.173 e. The zero-order chi connectivity index (χ0) is 26.4. The molecular weight excluding hydrogens is 486 g/mol. The number of nitrogens with one attached hydrogen (secondary N) is 2. The van der Waals surface area contributed by atoms with Crippen molar-refractivity contribution in [1.29, 1.82) is 0 Å². The van der Waals surface area contributed by atoms with Gasteiger partial charge in [-0.1, -0.05) is 20.3 Å². The Labute approximate surface area is 219 Å². The quantitative estimate of drug-likeness (QED) is 0.305. The van der Waals surface area contributed by atoms with E-state index in [0.717, 1.165) is 36.4 Å². The van der Waals surface area contributed by atoms with Gasteiger partial charge in [0.15, 0.2) is 17.5 Å². The number of anilines is 3. The lowest BCUT2D eigenvalue weighted by atomic mass is 9.79. The number of nitrogens with zero attached hydrogens (tertiary/aromatic N) is 5. The number of aromatic nitrogens is 5. The number of hydrogen-bond donors (Lipinski definition) is 3. The van der Waals surface area contributed by atoms with Crippen molar-refractivity contribution in [2.45, 2.75) is 57.9 Å². The van der Waals surface area contributed by atoms with Crippen molar-refractivity contribution in [3.05, 3.63) is 59.7 Å². The number of rotatable bonds is 5. The van der Waals surface area contributed by atoms with Crippen LogP contribution < -0.4 is 16.4 Å². The number of pyridine rings is 3. The minimum absolute atomic E-state index is 0.00504. The van der Waals surface area contributed by atoms with Gasteiger partial charge >= 0.3 is 0 Å². The second kappa shape index (κ2) is 9.50. The molecule has 2 fully saturated rings. The number of nitrogens with two attached hydrogens (primary N) is 1. The molecule has 1 saturated heterocycles. The Balaban J connectivity index is 1.29. The number of fused-ring (bicyclic) bond motifs is 1. The second-order valence-electron chi connectivity index (χ2n) is 11.1. The molecule has 38 heavy (non-hydrogen) atoms. The van der Waals surface area contributed by atoms with Crippen LogP contribution in [-0.4, -0.2) is 31.5 Å². The normalized spacial score (nSPS) is 19.3. The van der Waals surface area contributed by atoms with Gasteiger partial charge in [-0.15, -0.1) is 0 Å². The van der Waals surface area contributed by atoms with E-state index < -0.39 is 17.7 Å². The predicted octanol–water partition coefficient (Wildman–Crippen LogP) is 5.80. The summed E-state index contributed by atoms with van der Waals surface area (Å²) in [4.78, 5) is 21.9. The highest BCUT2D eigenvalue weighted by Gasteiger charge is 2.31. The van der Waals surface area contributed by atoms with Gasteiger partial charge in [0.2, 0.25) is 0 Å². The first-order valence-electron chi connectivity index (χ1n) is 13.0. The van der Waals surface area contributed by atoms with Crippen LogP contribution in [0.4, 0.5) is 26.2 Å². The molecule has 5 heterocycles. The van der Waals surface area contributed by atoms with Gasteiger partial charge in [0.05, 0.1) is 17.9 Å². The minimum Gasteiger partial charge on any atom is -0.383 e. The molecule has 0 amide bonds. The van der Waals surface area contributed by atoms with Crippen LogP contribution in [0.5, 0.6) is 0 Å². The first-order valence-corrected chi connectivity index (χ1v) is 13.0. The molecule has 4 aromatic heterocycles. The standard InChI is InChI=1S/C28H30F2N8/c1-28(2)8-6-19(35-14-28)23-18(29)12-34-27(24(23)30)37-21-10-16(7-9-33-21)26-36-20-13-32-11-17(15-4-3-5-15)22(20)25(31)38-26/h7,9-13,15,19,35H,3-6,8,14H2,1-2H3,(H2,31,36,38)(H,33,34,37). The summed E-state index contributed by atoms with van der Waals surface area (Å²) in [5.41, 5.74) is 8.91. The molecule has 6 rings (SSSR count). The van der Waals surface area contributed by atoms with E-state index in [1.807, 2.05) is 6.20 Å². The van der Waals surface area contributed by atoms with Crippen molar-refractivity contribution in [3.8, 4) is 11.4 Å². The van der Waals surface area contributed by atoms with E-state index in [4.69, 9.17) is 10.7 Å². The Morgan fingerprint density at radius 3 is 2.66 bits per heavy atom. The molecule has 0 spiro atoms. The Morgan fingerprint density at radius 1 is 1.08 bits per heavy atom. The van der Waals surface area contributed by atoms with E-state index in [2.05, 4.69) is 44.4 Å². The monoisotopic (exact) mass is 516 g/mol. The lowest BCUT2D eigenvalue weighted by Crippen LogP contribution is -2.39. The molecule has 1 aliphatic carbocycles. The molecule has 1 unspecified atom stereocenters. The summed E-state index contributed by atoms with van der Waals surface area (Å²) in [6, 6.07) is 3.02. The van der Waals surface area contributed by atoms with E-state index in [9.17, 15) is 4.39 Å². The van der Waals surface area contributed by atoms with Gasteiger partial charge in [-0.2, -0.15) is 0 Å². The molecule has 0 bridgehead atoms. The Morgan fingerprint density at radius 2 is 1.92 bits per heavy atom. The number of halogens is 2. The Hall–Kier alpha value is -3.79.